The highest BCUT2D eigenvalue weighted by atomic mass is 16.2. The fourth-order valence-electron chi connectivity index (χ4n) is 2.15. The van der Waals surface area contributed by atoms with Crippen LogP contribution in [0.4, 0.5) is 5.69 Å². The summed E-state index contributed by atoms with van der Waals surface area (Å²) in [6.45, 7) is 3.75. The van der Waals surface area contributed by atoms with Crippen molar-refractivity contribution < 1.29 is 4.79 Å². The molecule has 96 valence electrons. The van der Waals surface area contributed by atoms with Crippen LogP contribution in [0.25, 0.3) is 6.08 Å². The lowest BCUT2D eigenvalue weighted by molar-refractivity contribution is -0.126. The average Bonchev–Trinajstić information content (AvgIpc) is 2.41. The maximum absolute atomic E-state index is 11.9. The van der Waals surface area contributed by atoms with Crippen LogP contribution in [-0.2, 0) is 4.79 Å². The number of rotatable bonds is 2. The molecule has 0 bridgehead atoms. The summed E-state index contributed by atoms with van der Waals surface area (Å²) < 4.78 is 0. The van der Waals surface area contributed by atoms with E-state index >= 15 is 0 Å². The van der Waals surface area contributed by atoms with E-state index in [0.717, 1.165) is 42.7 Å². The minimum absolute atomic E-state index is 0.105. The number of aryl methyl sites for hydroxylation is 1. The number of anilines is 1. The second kappa shape index (κ2) is 5.71. The molecular formula is C15H20N2O. The normalized spacial score (nSPS) is 16.2. The zero-order valence-electron chi connectivity index (χ0n) is 10.9. The molecule has 1 aromatic carbocycles. The van der Waals surface area contributed by atoms with E-state index in [-0.39, 0.29) is 5.91 Å². The number of amides is 1. The highest BCUT2D eigenvalue weighted by molar-refractivity contribution is 5.92. The fourth-order valence-corrected chi connectivity index (χ4v) is 2.15. The van der Waals surface area contributed by atoms with E-state index in [4.69, 9.17) is 5.73 Å². The van der Waals surface area contributed by atoms with Gasteiger partial charge in [0, 0.05) is 24.9 Å². The zero-order valence-corrected chi connectivity index (χ0v) is 10.9. The van der Waals surface area contributed by atoms with Gasteiger partial charge in [0.05, 0.1) is 0 Å². The topological polar surface area (TPSA) is 46.3 Å². The summed E-state index contributed by atoms with van der Waals surface area (Å²) in [6.07, 6.45) is 6.97. The predicted octanol–water partition coefficient (Wildman–Crippen LogP) is 2.60. The van der Waals surface area contributed by atoms with E-state index in [2.05, 4.69) is 0 Å². The molecule has 2 rings (SSSR count). The van der Waals surface area contributed by atoms with Gasteiger partial charge in [0.15, 0.2) is 0 Å². The average molecular weight is 244 g/mol. The number of piperidine rings is 1. The quantitative estimate of drug-likeness (QED) is 0.642. The number of hydrogen-bond donors (Lipinski definition) is 1. The Balaban J connectivity index is 2.01. The Hall–Kier alpha value is -1.77. The molecule has 0 unspecified atom stereocenters. The van der Waals surface area contributed by atoms with Crippen LogP contribution < -0.4 is 5.73 Å². The van der Waals surface area contributed by atoms with E-state index in [9.17, 15) is 4.79 Å². The lowest BCUT2D eigenvalue weighted by atomic mass is 10.1. The lowest BCUT2D eigenvalue weighted by Crippen LogP contribution is -2.34. The molecule has 1 aliphatic rings. The first-order valence-electron chi connectivity index (χ1n) is 6.50. The van der Waals surface area contributed by atoms with Crippen molar-refractivity contribution in [2.75, 3.05) is 18.8 Å². The molecule has 1 amide bonds. The number of nitrogen functional groups attached to an aromatic ring is 1. The van der Waals surface area contributed by atoms with Gasteiger partial charge in [0.25, 0.3) is 0 Å². The number of nitrogens with zero attached hydrogens (tertiary/aromatic N) is 1. The van der Waals surface area contributed by atoms with Crippen LogP contribution in [0.1, 0.15) is 30.4 Å². The largest absolute Gasteiger partial charge is 0.398 e. The molecule has 0 radical (unpaired) electrons. The van der Waals surface area contributed by atoms with Crippen molar-refractivity contribution in [3.05, 3.63) is 35.4 Å². The Bertz CT molecular complexity index is 460. The third-order valence-electron chi connectivity index (χ3n) is 3.39. The Labute approximate surface area is 108 Å². The number of likely N-dealkylation sites (tertiary alicyclic amines) is 1. The van der Waals surface area contributed by atoms with Gasteiger partial charge in [-0.25, -0.2) is 0 Å². The third-order valence-corrected chi connectivity index (χ3v) is 3.39. The first-order chi connectivity index (χ1) is 8.66. The Morgan fingerprint density at radius 1 is 1.28 bits per heavy atom. The van der Waals surface area contributed by atoms with Crippen LogP contribution in [0.2, 0.25) is 0 Å². The second-order valence-corrected chi connectivity index (χ2v) is 4.84. The van der Waals surface area contributed by atoms with Gasteiger partial charge in [-0.05, 0) is 49.5 Å². The minimum atomic E-state index is 0.105. The van der Waals surface area contributed by atoms with E-state index < -0.39 is 0 Å². The number of carbonyl (C=O) groups is 1. The predicted molar refractivity (Wildman–Crippen MR) is 75.1 cm³/mol. The van der Waals surface area contributed by atoms with Gasteiger partial charge in [-0.1, -0.05) is 12.1 Å². The van der Waals surface area contributed by atoms with Gasteiger partial charge in [-0.3, -0.25) is 4.79 Å². The van der Waals surface area contributed by atoms with Crippen molar-refractivity contribution >= 4 is 17.7 Å². The summed E-state index contributed by atoms with van der Waals surface area (Å²) in [5.41, 5.74) is 8.65. The maximum Gasteiger partial charge on any atom is 0.246 e. The van der Waals surface area contributed by atoms with Crippen molar-refractivity contribution in [2.45, 2.75) is 26.2 Å². The van der Waals surface area contributed by atoms with Gasteiger partial charge in [-0.15, -0.1) is 0 Å². The molecule has 1 saturated heterocycles. The molecule has 18 heavy (non-hydrogen) atoms. The summed E-state index contributed by atoms with van der Waals surface area (Å²) in [6, 6.07) is 5.85. The van der Waals surface area contributed by atoms with Crippen LogP contribution >= 0.6 is 0 Å². The summed E-state index contributed by atoms with van der Waals surface area (Å²) in [4.78, 5) is 13.8. The van der Waals surface area contributed by atoms with E-state index in [1.54, 1.807) is 6.08 Å². The monoisotopic (exact) mass is 244 g/mol. The van der Waals surface area contributed by atoms with Crippen molar-refractivity contribution in [3.63, 3.8) is 0 Å². The van der Waals surface area contributed by atoms with Crippen LogP contribution in [0, 0.1) is 6.92 Å². The molecule has 1 aromatic rings. The van der Waals surface area contributed by atoms with Gasteiger partial charge in [0.1, 0.15) is 0 Å². The fraction of sp³-hybridized carbons (Fsp3) is 0.400. The number of hydrogen-bond acceptors (Lipinski definition) is 2. The summed E-state index contributed by atoms with van der Waals surface area (Å²) in [5, 5.41) is 0. The smallest absolute Gasteiger partial charge is 0.246 e. The summed E-state index contributed by atoms with van der Waals surface area (Å²) in [7, 11) is 0. The van der Waals surface area contributed by atoms with Crippen LogP contribution in [0.3, 0.4) is 0 Å². The Morgan fingerprint density at radius 2 is 2.00 bits per heavy atom. The number of nitrogens with two attached hydrogens (primary N) is 1. The molecule has 0 aromatic heterocycles. The van der Waals surface area contributed by atoms with Crippen molar-refractivity contribution in [2.24, 2.45) is 0 Å². The molecule has 1 heterocycles. The summed E-state index contributed by atoms with van der Waals surface area (Å²) >= 11 is 0. The first-order valence-corrected chi connectivity index (χ1v) is 6.50. The lowest BCUT2D eigenvalue weighted by Gasteiger charge is -2.25. The highest BCUT2D eigenvalue weighted by Gasteiger charge is 2.13. The van der Waals surface area contributed by atoms with Crippen LogP contribution in [0.15, 0.2) is 24.3 Å². The molecule has 0 spiro atoms. The Morgan fingerprint density at radius 3 is 2.67 bits per heavy atom. The molecule has 2 N–H and O–H groups in total. The molecule has 3 nitrogen and oxygen atoms in total. The maximum atomic E-state index is 11.9. The van der Waals surface area contributed by atoms with E-state index in [1.165, 1.54) is 6.42 Å². The molecular weight excluding hydrogens is 224 g/mol. The standard InChI is InChI=1S/C15H20N2O/c1-12-5-6-13(11-14(12)16)7-8-15(18)17-9-3-2-4-10-17/h5-8,11H,2-4,9-10,16H2,1H3/b8-7+. The zero-order chi connectivity index (χ0) is 13.0. The second-order valence-electron chi connectivity index (χ2n) is 4.84. The van der Waals surface area contributed by atoms with Gasteiger partial charge in [0.2, 0.25) is 5.91 Å². The SMILES string of the molecule is Cc1ccc(/C=C/C(=O)N2CCCCC2)cc1N. The van der Waals surface area contributed by atoms with Gasteiger partial charge >= 0.3 is 0 Å². The molecule has 1 fully saturated rings. The van der Waals surface area contributed by atoms with Gasteiger partial charge < -0.3 is 10.6 Å². The van der Waals surface area contributed by atoms with Gasteiger partial charge in [-0.2, -0.15) is 0 Å². The first kappa shape index (κ1) is 12.7. The number of benzene rings is 1. The van der Waals surface area contributed by atoms with Crippen molar-refractivity contribution in [3.8, 4) is 0 Å². The minimum Gasteiger partial charge on any atom is -0.398 e. The molecule has 3 heteroatoms. The number of carbonyl (C=O) groups excluding carboxylic acids is 1. The molecule has 0 saturated carbocycles. The molecule has 1 aliphatic heterocycles. The summed E-state index contributed by atoms with van der Waals surface area (Å²) in [5.74, 6) is 0.105. The van der Waals surface area contributed by atoms with E-state index in [1.807, 2.05) is 36.1 Å². The highest BCUT2D eigenvalue weighted by Crippen LogP contribution is 2.14. The van der Waals surface area contributed by atoms with Crippen LogP contribution in [-0.4, -0.2) is 23.9 Å². The Kier molecular flexibility index (Phi) is 4.03. The third kappa shape index (κ3) is 3.13. The van der Waals surface area contributed by atoms with Crippen molar-refractivity contribution in [1.29, 1.82) is 0 Å². The van der Waals surface area contributed by atoms with Crippen LogP contribution in [0.5, 0.6) is 0 Å². The molecule has 0 atom stereocenters. The molecule has 0 aliphatic carbocycles. The van der Waals surface area contributed by atoms with E-state index in [0.29, 0.717) is 0 Å². The van der Waals surface area contributed by atoms with Crippen molar-refractivity contribution in [1.82, 2.24) is 4.90 Å².